The first-order valence-corrected chi connectivity index (χ1v) is 11.2. The number of nitrogens with zero attached hydrogens (tertiary/aromatic N) is 3. The third-order valence-corrected chi connectivity index (χ3v) is 5.79. The lowest BCUT2D eigenvalue weighted by atomic mass is 10.2. The fourth-order valence-corrected chi connectivity index (χ4v) is 3.84. The Labute approximate surface area is 193 Å². The summed E-state index contributed by atoms with van der Waals surface area (Å²) in [6.45, 7) is -0.0623. The van der Waals surface area contributed by atoms with Gasteiger partial charge in [-0.25, -0.2) is 4.39 Å². The molecule has 3 aromatic rings. The van der Waals surface area contributed by atoms with Gasteiger partial charge in [0.2, 0.25) is 5.91 Å². The maximum absolute atomic E-state index is 13.4. The normalized spacial score (nSPS) is 12.2. The van der Waals surface area contributed by atoms with E-state index in [9.17, 15) is 14.3 Å². The van der Waals surface area contributed by atoms with Crippen molar-refractivity contribution in [3.8, 4) is 5.69 Å². The second-order valence-corrected chi connectivity index (χ2v) is 8.15. The Kier molecular flexibility index (Phi) is 8.81. The summed E-state index contributed by atoms with van der Waals surface area (Å²) in [4.78, 5) is 12.1. The van der Waals surface area contributed by atoms with Crippen LogP contribution in [0.2, 0.25) is 5.02 Å². The molecular formula is C22H22ClFN4O3S. The Balaban J connectivity index is 1.67. The maximum Gasteiger partial charge on any atom is 0.244 e. The molecule has 3 rings (SSSR count). The third-order valence-electron chi connectivity index (χ3n) is 4.37. The predicted molar refractivity (Wildman–Crippen MR) is 122 cm³/mol. The molecule has 0 spiro atoms. The Morgan fingerprint density at radius 3 is 2.69 bits per heavy atom. The van der Waals surface area contributed by atoms with E-state index in [1.165, 1.54) is 30.0 Å². The van der Waals surface area contributed by atoms with Crippen LogP contribution in [0.1, 0.15) is 11.4 Å². The fraction of sp³-hybridized carbons (Fsp3) is 0.227. The molecule has 1 heterocycles. The number of carbonyl (C=O) groups excluding carboxylic acids is 1. The second kappa shape index (κ2) is 11.8. The lowest BCUT2D eigenvalue weighted by Gasteiger charge is -2.11. The molecule has 0 saturated heterocycles. The van der Waals surface area contributed by atoms with Crippen molar-refractivity contribution < 1.29 is 19.4 Å². The van der Waals surface area contributed by atoms with Crippen molar-refractivity contribution in [1.82, 2.24) is 20.1 Å². The quantitative estimate of drug-likeness (QED) is 0.307. The smallest absolute Gasteiger partial charge is 0.244 e. The van der Waals surface area contributed by atoms with Crippen molar-refractivity contribution in [3.63, 3.8) is 0 Å². The van der Waals surface area contributed by atoms with E-state index in [2.05, 4.69) is 15.5 Å². The topological polar surface area (TPSA) is 100 Å². The van der Waals surface area contributed by atoms with E-state index >= 15 is 0 Å². The molecule has 7 nitrogen and oxygen atoms in total. The first kappa shape index (κ1) is 23.9. The van der Waals surface area contributed by atoms with Crippen LogP contribution in [0.15, 0.2) is 59.8 Å². The zero-order chi connectivity index (χ0) is 22.9. The van der Waals surface area contributed by atoms with E-state index in [0.29, 0.717) is 34.7 Å². The van der Waals surface area contributed by atoms with Gasteiger partial charge in [0.1, 0.15) is 11.6 Å². The second-order valence-electron chi connectivity index (χ2n) is 6.75. The van der Waals surface area contributed by atoms with E-state index in [4.69, 9.17) is 16.7 Å². The van der Waals surface area contributed by atoms with Crippen LogP contribution in [0.3, 0.4) is 0 Å². The highest BCUT2D eigenvalue weighted by molar-refractivity contribution is 7.99. The van der Waals surface area contributed by atoms with E-state index in [0.717, 1.165) is 5.56 Å². The fourth-order valence-electron chi connectivity index (χ4n) is 2.76. The Bertz CT molecular complexity index is 1080. The Morgan fingerprint density at radius 1 is 1.22 bits per heavy atom. The van der Waals surface area contributed by atoms with Crippen LogP contribution in [0, 0.1) is 5.82 Å². The molecule has 2 aromatic carbocycles. The average molecular weight is 477 g/mol. The van der Waals surface area contributed by atoms with Crippen LogP contribution in [0.5, 0.6) is 0 Å². The number of benzene rings is 2. The van der Waals surface area contributed by atoms with Gasteiger partial charge in [-0.2, -0.15) is 0 Å². The standard InChI is InChI=1S/C22H22ClFN4O3S/c23-19-4-2-1-3-15(19)5-10-21(31)25-12-11-20-26-27-22(32-14-18(30)13-29)28(20)17-8-6-16(24)7-9-17/h1-10,18,29-30H,11-14H2,(H,25,31)/b10-5+. The maximum atomic E-state index is 13.4. The summed E-state index contributed by atoms with van der Waals surface area (Å²) in [6, 6.07) is 13.1. The van der Waals surface area contributed by atoms with Gasteiger partial charge in [-0.05, 0) is 42.0 Å². The molecule has 1 aromatic heterocycles. The van der Waals surface area contributed by atoms with Crippen molar-refractivity contribution in [2.45, 2.75) is 17.7 Å². The van der Waals surface area contributed by atoms with Gasteiger partial charge < -0.3 is 15.5 Å². The van der Waals surface area contributed by atoms with Gasteiger partial charge in [0.05, 0.1) is 12.7 Å². The lowest BCUT2D eigenvalue weighted by Crippen LogP contribution is -2.24. The largest absolute Gasteiger partial charge is 0.394 e. The van der Waals surface area contributed by atoms with Crippen molar-refractivity contribution in [1.29, 1.82) is 0 Å². The number of carbonyl (C=O) groups is 1. The first-order chi connectivity index (χ1) is 15.5. The number of amides is 1. The number of hydrogen-bond acceptors (Lipinski definition) is 6. The summed E-state index contributed by atoms with van der Waals surface area (Å²) in [5.74, 6) is 0.136. The van der Waals surface area contributed by atoms with Crippen molar-refractivity contribution >= 4 is 35.3 Å². The number of aliphatic hydroxyl groups is 2. The van der Waals surface area contributed by atoms with Crippen molar-refractivity contribution in [2.24, 2.45) is 0 Å². The van der Waals surface area contributed by atoms with E-state index in [1.54, 1.807) is 28.8 Å². The zero-order valence-corrected chi connectivity index (χ0v) is 18.6. The number of aliphatic hydroxyl groups excluding tert-OH is 2. The Morgan fingerprint density at radius 2 is 1.97 bits per heavy atom. The van der Waals surface area contributed by atoms with Crippen LogP contribution in [0.4, 0.5) is 4.39 Å². The minimum absolute atomic E-state index is 0.222. The molecule has 0 radical (unpaired) electrons. The van der Waals surface area contributed by atoms with Gasteiger partial charge in [0.15, 0.2) is 5.16 Å². The highest BCUT2D eigenvalue weighted by atomic mass is 35.5. The Hall–Kier alpha value is -2.72. The van der Waals surface area contributed by atoms with Gasteiger partial charge in [-0.15, -0.1) is 10.2 Å². The van der Waals surface area contributed by atoms with Crippen LogP contribution in [-0.4, -0.2) is 55.9 Å². The summed E-state index contributed by atoms with van der Waals surface area (Å²) in [5.41, 5.74) is 1.39. The predicted octanol–water partition coefficient (Wildman–Crippen LogP) is 2.88. The summed E-state index contributed by atoms with van der Waals surface area (Å²) < 4.78 is 15.1. The van der Waals surface area contributed by atoms with Crippen LogP contribution >= 0.6 is 23.4 Å². The van der Waals surface area contributed by atoms with Crippen LogP contribution < -0.4 is 5.32 Å². The van der Waals surface area contributed by atoms with E-state index in [-0.39, 0.29) is 24.1 Å². The molecule has 0 bridgehead atoms. The molecule has 0 aliphatic heterocycles. The molecule has 1 atom stereocenters. The van der Waals surface area contributed by atoms with Gasteiger partial charge in [-0.1, -0.05) is 41.6 Å². The lowest BCUT2D eigenvalue weighted by molar-refractivity contribution is -0.116. The van der Waals surface area contributed by atoms with Gasteiger partial charge >= 0.3 is 0 Å². The molecule has 0 aliphatic rings. The monoisotopic (exact) mass is 476 g/mol. The van der Waals surface area contributed by atoms with Crippen LogP contribution in [-0.2, 0) is 11.2 Å². The summed E-state index contributed by atoms with van der Waals surface area (Å²) in [7, 11) is 0. The van der Waals surface area contributed by atoms with Gasteiger partial charge in [0.25, 0.3) is 0 Å². The molecule has 3 N–H and O–H groups in total. The molecule has 168 valence electrons. The summed E-state index contributed by atoms with van der Waals surface area (Å²) >= 11 is 7.30. The average Bonchev–Trinajstić information content (AvgIpc) is 3.20. The number of halogens is 2. The number of thioether (sulfide) groups is 1. The molecule has 10 heteroatoms. The molecule has 0 fully saturated rings. The zero-order valence-electron chi connectivity index (χ0n) is 17.0. The molecule has 32 heavy (non-hydrogen) atoms. The molecule has 1 amide bonds. The number of rotatable bonds is 10. The van der Waals surface area contributed by atoms with Crippen LogP contribution in [0.25, 0.3) is 11.8 Å². The molecular weight excluding hydrogens is 455 g/mol. The SMILES string of the molecule is O=C(/C=C/c1ccccc1Cl)NCCc1nnc(SCC(O)CO)n1-c1ccc(F)cc1. The minimum atomic E-state index is -0.897. The van der Waals surface area contributed by atoms with Gasteiger partial charge in [0, 0.05) is 35.5 Å². The van der Waals surface area contributed by atoms with Gasteiger partial charge in [-0.3, -0.25) is 9.36 Å². The van der Waals surface area contributed by atoms with Crippen molar-refractivity contribution in [2.75, 3.05) is 18.9 Å². The number of hydrogen-bond donors (Lipinski definition) is 3. The summed E-state index contributed by atoms with van der Waals surface area (Å²) in [5, 5.41) is 30.8. The number of aromatic nitrogens is 3. The summed E-state index contributed by atoms with van der Waals surface area (Å²) in [6.07, 6.45) is 2.52. The van der Waals surface area contributed by atoms with E-state index < -0.39 is 6.10 Å². The van der Waals surface area contributed by atoms with E-state index in [1.807, 2.05) is 18.2 Å². The van der Waals surface area contributed by atoms with Crippen molar-refractivity contribution in [3.05, 3.63) is 76.8 Å². The third kappa shape index (κ3) is 6.64. The first-order valence-electron chi connectivity index (χ1n) is 9.80. The highest BCUT2D eigenvalue weighted by Gasteiger charge is 2.16. The molecule has 0 aliphatic carbocycles. The number of nitrogens with one attached hydrogen (secondary N) is 1. The highest BCUT2D eigenvalue weighted by Crippen LogP contribution is 2.23. The minimum Gasteiger partial charge on any atom is -0.394 e. The molecule has 1 unspecified atom stereocenters. The molecule has 0 saturated carbocycles.